The summed E-state index contributed by atoms with van der Waals surface area (Å²) in [6.45, 7) is 5.72. The first-order valence-electron chi connectivity index (χ1n) is 11.2. The zero-order chi connectivity index (χ0) is 21.6. The summed E-state index contributed by atoms with van der Waals surface area (Å²) in [6.07, 6.45) is 3.91. The third-order valence-corrected chi connectivity index (χ3v) is 6.13. The first-order chi connectivity index (χ1) is 15.1. The summed E-state index contributed by atoms with van der Waals surface area (Å²) in [4.78, 5) is 29.4. The molecular weight excluding hydrogens is 390 g/mol. The number of piperidine rings is 1. The number of carbonyl (C=O) groups is 2. The van der Waals surface area contributed by atoms with Crippen molar-refractivity contribution in [2.24, 2.45) is 5.92 Å². The highest BCUT2D eigenvalue weighted by Crippen LogP contribution is 2.29. The zero-order valence-corrected chi connectivity index (χ0v) is 18.2. The van der Waals surface area contributed by atoms with Crippen molar-refractivity contribution in [2.45, 2.75) is 32.6 Å². The Balaban J connectivity index is 1.28. The number of amides is 2. The van der Waals surface area contributed by atoms with Gasteiger partial charge in [0.2, 0.25) is 11.8 Å². The van der Waals surface area contributed by atoms with E-state index in [0.29, 0.717) is 23.9 Å². The summed E-state index contributed by atoms with van der Waals surface area (Å²) < 4.78 is 5.97. The van der Waals surface area contributed by atoms with E-state index in [0.717, 1.165) is 57.6 Å². The number of rotatable bonds is 6. The van der Waals surface area contributed by atoms with Gasteiger partial charge in [-0.15, -0.1) is 0 Å². The number of benzene rings is 2. The van der Waals surface area contributed by atoms with Crippen molar-refractivity contribution in [1.29, 1.82) is 0 Å². The van der Waals surface area contributed by atoms with E-state index in [1.54, 1.807) is 0 Å². The van der Waals surface area contributed by atoms with Gasteiger partial charge in [-0.2, -0.15) is 0 Å². The second-order valence-corrected chi connectivity index (χ2v) is 8.54. The van der Waals surface area contributed by atoms with Crippen molar-refractivity contribution in [3.05, 3.63) is 54.1 Å². The molecule has 2 fully saturated rings. The Hall–Kier alpha value is -2.86. The molecule has 2 saturated heterocycles. The summed E-state index contributed by atoms with van der Waals surface area (Å²) in [7, 11) is 0. The molecule has 0 saturated carbocycles. The number of carbonyl (C=O) groups excluding carboxylic acids is 2. The highest BCUT2D eigenvalue weighted by atomic mass is 16.5. The van der Waals surface area contributed by atoms with Gasteiger partial charge < -0.3 is 15.0 Å². The molecule has 0 spiro atoms. The second-order valence-electron chi connectivity index (χ2n) is 8.54. The normalized spacial score (nSPS) is 17.5. The van der Waals surface area contributed by atoms with E-state index in [2.05, 4.69) is 10.2 Å². The van der Waals surface area contributed by atoms with Gasteiger partial charge in [-0.1, -0.05) is 29.8 Å². The molecule has 164 valence electrons. The number of nitrogens with one attached hydrogen (secondary N) is 1. The highest BCUT2D eigenvalue weighted by Gasteiger charge is 2.30. The summed E-state index contributed by atoms with van der Waals surface area (Å²) in [5.41, 5.74) is 1.83. The highest BCUT2D eigenvalue weighted by molar-refractivity contribution is 5.93. The van der Waals surface area contributed by atoms with Crippen LogP contribution in [0.1, 0.15) is 31.2 Å². The molecule has 1 N–H and O–H groups in total. The molecule has 0 radical (unpaired) electrons. The molecule has 6 nitrogen and oxygen atoms in total. The maximum atomic E-state index is 12.7. The minimum Gasteiger partial charge on any atom is -0.455 e. The monoisotopic (exact) mass is 421 g/mol. The Labute approximate surface area is 184 Å². The maximum Gasteiger partial charge on any atom is 0.238 e. The zero-order valence-electron chi connectivity index (χ0n) is 18.2. The minimum absolute atomic E-state index is 0.0655. The standard InChI is InChI=1S/C25H31N3O3/c1-19-8-10-21(11-9-19)31-23-7-3-2-6-22(23)26-24(29)18-27-16-12-20(13-17-27)25(30)28-14-4-5-15-28/h2-3,6-11,20H,4-5,12-18H2,1H3,(H,26,29). The molecule has 2 aliphatic heterocycles. The molecule has 2 amide bonds. The average molecular weight is 422 g/mol. The SMILES string of the molecule is Cc1ccc(Oc2ccccc2NC(=O)CN2CCC(C(=O)N3CCCC3)CC2)cc1. The Bertz CT molecular complexity index is 898. The number of ether oxygens (including phenoxy) is 1. The summed E-state index contributed by atoms with van der Waals surface area (Å²) in [5, 5.41) is 2.99. The summed E-state index contributed by atoms with van der Waals surface area (Å²) in [6, 6.07) is 15.3. The van der Waals surface area contributed by atoms with E-state index in [1.165, 1.54) is 5.56 Å². The van der Waals surface area contributed by atoms with Gasteiger partial charge in [-0.3, -0.25) is 14.5 Å². The smallest absolute Gasteiger partial charge is 0.238 e. The van der Waals surface area contributed by atoms with Gasteiger partial charge in [0.05, 0.1) is 12.2 Å². The molecule has 0 bridgehead atoms. The number of hydrogen-bond acceptors (Lipinski definition) is 4. The topological polar surface area (TPSA) is 61.9 Å². The molecule has 0 atom stereocenters. The Morgan fingerprint density at radius 3 is 2.35 bits per heavy atom. The molecule has 31 heavy (non-hydrogen) atoms. The van der Waals surface area contributed by atoms with Crippen LogP contribution >= 0.6 is 0 Å². The van der Waals surface area contributed by atoms with Gasteiger partial charge in [0.15, 0.2) is 5.75 Å². The van der Waals surface area contributed by atoms with Crippen LogP contribution in [0.3, 0.4) is 0 Å². The number of nitrogens with zero attached hydrogens (tertiary/aromatic N) is 2. The number of likely N-dealkylation sites (tertiary alicyclic amines) is 2. The van der Waals surface area contributed by atoms with Crippen molar-refractivity contribution >= 4 is 17.5 Å². The van der Waals surface area contributed by atoms with E-state index in [9.17, 15) is 9.59 Å². The van der Waals surface area contributed by atoms with Crippen molar-refractivity contribution in [3.63, 3.8) is 0 Å². The molecule has 0 unspecified atom stereocenters. The number of anilines is 1. The van der Waals surface area contributed by atoms with E-state index < -0.39 is 0 Å². The van der Waals surface area contributed by atoms with Crippen LogP contribution < -0.4 is 10.1 Å². The quantitative estimate of drug-likeness (QED) is 0.764. The number of hydrogen-bond donors (Lipinski definition) is 1. The van der Waals surface area contributed by atoms with E-state index in [1.807, 2.05) is 60.4 Å². The van der Waals surface area contributed by atoms with Gasteiger partial charge in [0.1, 0.15) is 5.75 Å². The molecule has 0 aliphatic carbocycles. The van der Waals surface area contributed by atoms with Crippen LogP contribution in [0, 0.1) is 12.8 Å². The van der Waals surface area contributed by atoms with Gasteiger partial charge >= 0.3 is 0 Å². The van der Waals surface area contributed by atoms with E-state index >= 15 is 0 Å². The van der Waals surface area contributed by atoms with Crippen LogP contribution in [0.2, 0.25) is 0 Å². The fourth-order valence-electron chi connectivity index (χ4n) is 4.32. The van der Waals surface area contributed by atoms with Gasteiger partial charge in [-0.05, 0) is 70.0 Å². The van der Waals surface area contributed by atoms with Crippen molar-refractivity contribution in [3.8, 4) is 11.5 Å². The van der Waals surface area contributed by atoms with Crippen molar-refractivity contribution in [1.82, 2.24) is 9.80 Å². The first-order valence-corrected chi connectivity index (χ1v) is 11.2. The molecule has 2 heterocycles. The molecule has 2 aromatic rings. The lowest BCUT2D eigenvalue weighted by Crippen LogP contribution is -2.43. The molecule has 4 rings (SSSR count). The molecule has 0 aromatic heterocycles. The maximum absolute atomic E-state index is 12.7. The van der Waals surface area contributed by atoms with Crippen LogP contribution in [-0.2, 0) is 9.59 Å². The third-order valence-electron chi connectivity index (χ3n) is 6.13. The van der Waals surface area contributed by atoms with Crippen LogP contribution in [0.5, 0.6) is 11.5 Å². The number of aryl methyl sites for hydroxylation is 1. The van der Waals surface area contributed by atoms with Gasteiger partial charge in [0, 0.05) is 19.0 Å². The van der Waals surface area contributed by atoms with E-state index in [4.69, 9.17) is 4.74 Å². The van der Waals surface area contributed by atoms with Crippen molar-refractivity contribution in [2.75, 3.05) is 38.0 Å². The van der Waals surface area contributed by atoms with Gasteiger partial charge in [0.25, 0.3) is 0 Å². The number of para-hydroxylation sites is 2. The van der Waals surface area contributed by atoms with E-state index in [-0.39, 0.29) is 11.8 Å². The van der Waals surface area contributed by atoms with Crippen molar-refractivity contribution < 1.29 is 14.3 Å². The minimum atomic E-state index is -0.0655. The summed E-state index contributed by atoms with van der Waals surface area (Å²) in [5.74, 6) is 1.71. The predicted molar refractivity (Wildman–Crippen MR) is 121 cm³/mol. The lowest BCUT2D eigenvalue weighted by atomic mass is 9.95. The van der Waals surface area contributed by atoms with Crippen LogP contribution in [0.25, 0.3) is 0 Å². The van der Waals surface area contributed by atoms with Gasteiger partial charge in [-0.25, -0.2) is 0 Å². The molecule has 2 aromatic carbocycles. The Morgan fingerprint density at radius 2 is 1.65 bits per heavy atom. The lowest BCUT2D eigenvalue weighted by Gasteiger charge is -2.32. The average Bonchev–Trinajstić information content (AvgIpc) is 3.32. The summed E-state index contributed by atoms with van der Waals surface area (Å²) >= 11 is 0. The molecular formula is C25H31N3O3. The van der Waals surface area contributed by atoms with Crippen LogP contribution in [0.15, 0.2) is 48.5 Å². The fraction of sp³-hybridized carbons (Fsp3) is 0.440. The first kappa shape index (κ1) is 21.4. The van der Waals surface area contributed by atoms with Crippen LogP contribution in [0.4, 0.5) is 5.69 Å². The fourth-order valence-corrected chi connectivity index (χ4v) is 4.32. The third kappa shape index (κ3) is 5.64. The second kappa shape index (κ2) is 9.96. The Morgan fingerprint density at radius 1 is 0.968 bits per heavy atom. The van der Waals surface area contributed by atoms with Crippen LogP contribution in [-0.4, -0.2) is 54.3 Å². The lowest BCUT2D eigenvalue weighted by molar-refractivity contribution is -0.136. The predicted octanol–water partition coefficient (Wildman–Crippen LogP) is 4.06. The Kier molecular flexibility index (Phi) is 6.87. The molecule has 6 heteroatoms. The molecule has 2 aliphatic rings. The largest absolute Gasteiger partial charge is 0.455 e.